The van der Waals surface area contributed by atoms with E-state index in [9.17, 15) is 15.0 Å². The van der Waals surface area contributed by atoms with Crippen LogP contribution >= 0.6 is 0 Å². The van der Waals surface area contributed by atoms with E-state index in [1.807, 2.05) is 28.8 Å². The maximum Gasteiger partial charge on any atom is 0.303 e. The lowest BCUT2D eigenvalue weighted by molar-refractivity contribution is -0.137. The Morgan fingerprint density at radius 1 is 1.00 bits per heavy atom. The number of aryl methyl sites for hydroxylation is 1. The molecule has 0 spiro atoms. The van der Waals surface area contributed by atoms with E-state index in [1.165, 1.54) is 0 Å². The number of fused-ring (bicyclic) bond motifs is 2. The van der Waals surface area contributed by atoms with Gasteiger partial charge in [0.15, 0.2) is 17.0 Å². The summed E-state index contributed by atoms with van der Waals surface area (Å²) in [4.78, 5) is 27.5. The minimum atomic E-state index is -0.999. The largest absolute Gasteiger partial charge is 0.508 e. The number of hydrogen-bond donors (Lipinski definition) is 3. The summed E-state index contributed by atoms with van der Waals surface area (Å²) in [7, 11) is 0. The van der Waals surface area contributed by atoms with Crippen LogP contribution in [-0.4, -0.2) is 63.7 Å². The number of phenols is 1. The van der Waals surface area contributed by atoms with E-state index >= 15 is 0 Å². The number of carboxylic acid groups (broad SMARTS) is 1. The van der Waals surface area contributed by atoms with E-state index in [1.54, 1.807) is 41.5 Å². The fourth-order valence-corrected chi connectivity index (χ4v) is 5.21. The van der Waals surface area contributed by atoms with E-state index in [0.717, 1.165) is 16.5 Å². The second-order valence-corrected chi connectivity index (χ2v) is 9.99. The Morgan fingerprint density at radius 3 is 2.54 bits per heavy atom. The number of nitrogens with zero attached hydrogens (tertiary/aromatic N) is 7. The Labute approximate surface area is 224 Å². The smallest absolute Gasteiger partial charge is 0.303 e. The zero-order valence-corrected chi connectivity index (χ0v) is 21.3. The highest BCUT2D eigenvalue weighted by Gasteiger charge is 2.35. The van der Waals surface area contributed by atoms with Gasteiger partial charge in [0.2, 0.25) is 5.95 Å². The van der Waals surface area contributed by atoms with Crippen molar-refractivity contribution in [1.29, 1.82) is 0 Å². The first-order valence-corrected chi connectivity index (χ1v) is 13.1. The van der Waals surface area contributed by atoms with Gasteiger partial charge >= 0.3 is 5.97 Å². The molecule has 0 saturated carbocycles. The van der Waals surface area contributed by atoms with Gasteiger partial charge in [-0.05, 0) is 49.4 Å². The van der Waals surface area contributed by atoms with E-state index < -0.39 is 11.6 Å². The van der Waals surface area contributed by atoms with Crippen LogP contribution in [0.1, 0.15) is 37.7 Å². The number of aliphatic hydroxyl groups is 1. The number of anilines is 1. The Bertz CT molecular complexity index is 1640. The van der Waals surface area contributed by atoms with Crippen molar-refractivity contribution in [2.75, 3.05) is 18.0 Å². The van der Waals surface area contributed by atoms with Gasteiger partial charge in [0.05, 0.1) is 23.6 Å². The Balaban J connectivity index is 1.35. The predicted molar refractivity (Wildman–Crippen MR) is 145 cm³/mol. The van der Waals surface area contributed by atoms with Gasteiger partial charge < -0.3 is 24.8 Å². The maximum atomic E-state index is 11.3. The third-order valence-electron chi connectivity index (χ3n) is 7.43. The number of aliphatic carboxylic acids is 1. The van der Waals surface area contributed by atoms with Crippen molar-refractivity contribution in [2.24, 2.45) is 0 Å². The van der Waals surface area contributed by atoms with Crippen molar-refractivity contribution in [3.05, 3.63) is 66.6 Å². The highest BCUT2D eigenvalue weighted by atomic mass is 16.4. The summed E-state index contributed by atoms with van der Waals surface area (Å²) < 4.78 is 3.72. The molecule has 0 radical (unpaired) electrons. The van der Waals surface area contributed by atoms with E-state index in [0.29, 0.717) is 68.2 Å². The fourth-order valence-electron chi connectivity index (χ4n) is 5.21. The zero-order chi connectivity index (χ0) is 27.0. The van der Waals surface area contributed by atoms with Gasteiger partial charge in [-0.25, -0.2) is 9.67 Å². The molecule has 0 aliphatic carbocycles. The minimum Gasteiger partial charge on any atom is -0.508 e. The molecule has 200 valence electrons. The topological polar surface area (TPSA) is 142 Å². The number of benzene rings is 2. The number of unbranched alkanes of at least 4 members (excludes halogenated alkanes) is 1. The van der Waals surface area contributed by atoms with Crippen LogP contribution in [-0.2, 0) is 16.9 Å². The number of carboxylic acids is 1. The van der Waals surface area contributed by atoms with Crippen molar-refractivity contribution < 1.29 is 20.1 Å². The summed E-state index contributed by atoms with van der Waals surface area (Å²) in [6, 6.07) is 14.6. The molecule has 1 aliphatic heterocycles. The number of carbonyl (C=O) groups is 1. The Hall–Kier alpha value is -4.51. The molecule has 11 heteroatoms. The second kappa shape index (κ2) is 9.99. The van der Waals surface area contributed by atoms with Crippen molar-refractivity contribution in [3.8, 4) is 11.6 Å². The molecule has 0 amide bonds. The molecule has 11 nitrogen and oxygen atoms in total. The number of rotatable bonds is 8. The summed E-state index contributed by atoms with van der Waals surface area (Å²) in [5.41, 5.74) is 1.95. The highest BCUT2D eigenvalue weighted by Crippen LogP contribution is 2.35. The van der Waals surface area contributed by atoms with Gasteiger partial charge in [-0.1, -0.05) is 30.3 Å². The molecule has 2 aromatic carbocycles. The number of phenolic OH excluding ortho intramolecular Hbond substituents is 1. The maximum absolute atomic E-state index is 11.3. The van der Waals surface area contributed by atoms with Crippen LogP contribution in [0.25, 0.3) is 27.9 Å². The predicted octanol–water partition coefficient (Wildman–Crippen LogP) is 3.61. The van der Waals surface area contributed by atoms with Crippen LogP contribution in [0.15, 0.2) is 61.1 Å². The second-order valence-electron chi connectivity index (χ2n) is 9.99. The van der Waals surface area contributed by atoms with Gasteiger partial charge in [0.25, 0.3) is 0 Å². The number of hydrogen-bond acceptors (Lipinski definition) is 8. The highest BCUT2D eigenvalue weighted by molar-refractivity contribution is 5.85. The lowest BCUT2D eigenvalue weighted by Crippen LogP contribution is -2.43. The molecular formula is C28H29N7O4. The average Bonchev–Trinajstić information content (AvgIpc) is 3.56. The third kappa shape index (κ3) is 4.76. The van der Waals surface area contributed by atoms with Crippen LogP contribution in [0.4, 0.5) is 5.95 Å². The molecule has 5 aromatic rings. The molecule has 3 N–H and O–H groups in total. The monoisotopic (exact) mass is 527 g/mol. The first-order chi connectivity index (χ1) is 18.9. The van der Waals surface area contributed by atoms with Crippen LogP contribution in [0.3, 0.4) is 0 Å². The van der Waals surface area contributed by atoms with E-state index in [4.69, 9.17) is 15.1 Å². The van der Waals surface area contributed by atoms with Crippen LogP contribution in [0, 0.1) is 0 Å². The SMILES string of the molecule is O=C(O)CCCCn1cnc2c(-n3ncc4ccccc43)nc(N3CCC(O)(c4ccc(O)cc4)CC3)nc21. The molecule has 1 aliphatic rings. The standard InChI is InChI=1S/C28H29N7O4/c36-21-10-8-20(9-11-21)28(39)12-15-33(16-13-28)27-31-25-24(29-18-34(25)14-4-3-7-23(37)38)26(32-27)35-22-6-2-1-5-19(22)17-30-35/h1-2,5-6,8-11,17-18,36,39H,3-4,7,12-16H2,(H,37,38). The third-order valence-corrected chi connectivity index (χ3v) is 7.43. The van der Waals surface area contributed by atoms with Crippen molar-refractivity contribution in [3.63, 3.8) is 0 Å². The van der Waals surface area contributed by atoms with Crippen LogP contribution < -0.4 is 4.90 Å². The normalized spacial score (nSPS) is 15.3. The quantitative estimate of drug-likeness (QED) is 0.258. The summed E-state index contributed by atoms with van der Waals surface area (Å²) in [5, 5.41) is 35.6. The Kier molecular flexibility index (Phi) is 6.35. The molecule has 3 aromatic heterocycles. The van der Waals surface area contributed by atoms with E-state index in [2.05, 4.69) is 15.0 Å². The molecule has 1 saturated heterocycles. The first-order valence-electron chi connectivity index (χ1n) is 13.1. The molecule has 6 rings (SSSR count). The summed E-state index contributed by atoms with van der Waals surface area (Å²) >= 11 is 0. The van der Waals surface area contributed by atoms with Crippen molar-refractivity contribution in [1.82, 2.24) is 29.3 Å². The first kappa shape index (κ1) is 24.8. The number of aromatic hydroxyl groups is 1. The fraction of sp³-hybridized carbons (Fsp3) is 0.321. The summed E-state index contributed by atoms with van der Waals surface area (Å²) in [6.45, 7) is 1.66. The van der Waals surface area contributed by atoms with Gasteiger partial charge in [-0.15, -0.1) is 0 Å². The number of imidazole rings is 1. The number of piperidine rings is 1. The van der Waals surface area contributed by atoms with Crippen LogP contribution in [0.5, 0.6) is 5.75 Å². The lowest BCUT2D eigenvalue weighted by Gasteiger charge is -2.38. The Morgan fingerprint density at radius 2 is 1.77 bits per heavy atom. The summed E-state index contributed by atoms with van der Waals surface area (Å²) in [5.74, 6) is 0.456. The van der Waals surface area contributed by atoms with Gasteiger partial charge in [0.1, 0.15) is 5.75 Å². The van der Waals surface area contributed by atoms with Crippen molar-refractivity contribution >= 4 is 34.0 Å². The summed E-state index contributed by atoms with van der Waals surface area (Å²) in [6.07, 6.45) is 5.84. The van der Waals surface area contributed by atoms with Gasteiger partial charge in [-0.2, -0.15) is 15.1 Å². The number of aromatic nitrogens is 6. The molecule has 1 fully saturated rings. The minimum absolute atomic E-state index is 0.120. The molecular weight excluding hydrogens is 498 g/mol. The molecule has 0 bridgehead atoms. The van der Waals surface area contributed by atoms with Gasteiger partial charge in [0, 0.05) is 31.4 Å². The lowest BCUT2D eigenvalue weighted by atomic mass is 9.84. The van der Waals surface area contributed by atoms with Crippen LogP contribution in [0.2, 0.25) is 0 Å². The molecule has 39 heavy (non-hydrogen) atoms. The van der Waals surface area contributed by atoms with E-state index in [-0.39, 0.29) is 12.2 Å². The molecule has 0 atom stereocenters. The van der Waals surface area contributed by atoms with Crippen molar-refractivity contribution in [2.45, 2.75) is 44.2 Å². The molecule has 0 unspecified atom stereocenters. The zero-order valence-electron chi connectivity index (χ0n) is 21.3. The number of para-hydroxylation sites is 1. The average molecular weight is 528 g/mol. The molecule has 4 heterocycles. The van der Waals surface area contributed by atoms with Gasteiger partial charge in [-0.3, -0.25) is 4.79 Å².